The molecule has 0 N–H and O–H groups in total. The lowest BCUT2D eigenvalue weighted by Crippen LogP contribution is -2.20. The van der Waals surface area contributed by atoms with Gasteiger partial charge in [-0.1, -0.05) is 6.42 Å². The molecule has 80 valence electrons. The Bertz CT molecular complexity index is 179. The maximum absolute atomic E-state index is 2.34. The van der Waals surface area contributed by atoms with Crippen molar-refractivity contribution in [3.8, 4) is 0 Å². The smallest absolute Gasteiger partial charge is 0.0149 e. The van der Waals surface area contributed by atoms with Gasteiger partial charge in [0.15, 0.2) is 0 Å². The fraction of sp³-hybridized carbons (Fsp3) is 1.00. The van der Waals surface area contributed by atoms with Gasteiger partial charge in [-0.2, -0.15) is 35.3 Å². The summed E-state index contributed by atoms with van der Waals surface area (Å²) < 4.78 is 0. The third-order valence-corrected chi connectivity index (χ3v) is 6.91. The second kappa shape index (κ2) is 4.50. The summed E-state index contributed by atoms with van der Waals surface area (Å²) in [7, 11) is 0. The SMILES string of the molecule is C1CC(CC2CS2)SC(CC2CS2)C1. The molecule has 3 saturated heterocycles. The van der Waals surface area contributed by atoms with Crippen molar-refractivity contribution in [3.63, 3.8) is 0 Å². The fourth-order valence-corrected chi connectivity index (χ4v) is 5.68. The van der Waals surface area contributed by atoms with Gasteiger partial charge in [0, 0.05) is 32.5 Å². The average molecular weight is 246 g/mol. The highest BCUT2D eigenvalue weighted by atomic mass is 32.2. The molecule has 3 fully saturated rings. The van der Waals surface area contributed by atoms with Gasteiger partial charge in [0.2, 0.25) is 0 Å². The summed E-state index contributed by atoms with van der Waals surface area (Å²) in [6.07, 6.45) is 7.57. The van der Waals surface area contributed by atoms with Crippen LogP contribution in [-0.4, -0.2) is 32.5 Å². The van der Waals surface area contributed by atoms with Crippen LogP contribution in [0.1, 0.15) is 32.1 Å². The van der Waals surface area contributed by atoms with Gasteiger partial charge in [0.1, 0.15) is 0 Å². The van der Waals surface area contributed by atoms with Gasteiger partial charge in [0.05, 0.1) is 0 Å². The van der Waals surface area contributed by atoms with E-state index in [1.165, 1.54) is 43.6 Å². The van der Waals surface area contributed by atoms with E-state index in [2.05, 4.69) is 35.3 Å². The zero-order valence-electron chi connectivity index (χ0n) is 8.48. The molecular formula is C11H18S3. The number of rotatable bonds is 4. The van der Waals surface area contributed by atoms with Crippen LogP contribution in [-0.2, 0) is 0 Å². The zero-order valence-corrected chi connectivity index (χ0v) is 10.9. The molecule has 0 aromatic heterocycles. The lowest BCUT2D eigenvalue weighted by molar-refractivity contribution is 0.574. The molecule has 14 heavy (non-hydrogen) atoms. The molecule has 3 heterocycles. The quantitative estimate of drug-likeness (QED) is 0.695. The molecule has 0 bridgehead atoms. The molecule has 3 aliphatic rings. The normalized spacial score (nSPS) is 46.3. The molecule has 0 spiro atoms. The first kappa shape index (κ1) is 10.2. The molecule has 3 aliphatic heterocycles. The van der Waals surface area contributed by atoms with Crippen LogP contribution < -0.4 is 0 Å². The maximum Gasteiger partial charge on any atom is 0.0149 e. The predicted octanol–water partition coefficient (Wildman–Crippen LogP) is 3.65. The minimum Gasteiger partial charge on any atom is -0.157 e. The zero-order chi connectivity index (χ0) is 9.38. The molecular weight excluding hydrogens is 228 g/mol. The maximum atomic E-state index is 2.34. The Morgan fingerprint density at radius 3 is 1.71 bits per heavy atom. The second-order valence-corrected chi connectivity index (χ2v) is 8.97. The summed E-state index contributed by atoms with van der Waals surface area (Å²) in [6.45, 7) is 0. The van der Waals surface area contributed by atoms with E-state index in [4.69, 9.17) is 0 Å². The Morgan fingerprint density at radius 2 is 1.29 bits per heavy atom. The summed E-state index contributed by atoms with van der Waals surface area (Å²) >= 11 is 6.69. The number of thioether (sulfide) groups is 3. The van der Waals surface area contributed by atoms with Crippen LogP contribution in [0.3, 0.4) is 0 Å². The summed E-state index contributed by atoms with van der Waals surface area (Å²) in [5.74, 6) is 2.92. The van der Waals surface area contributed by atoms with Crippen LogP contribution in [0, 0.1) is 0 Å². The van der Waals surface area contributed by atoms with E-state index in [1.807, 2.05) is 0 Å². The van der Waals surface area contributed by atoms with Gasteiger partial charge >= 0.3 is 0 Å². The molecule has 0 nitrogen and oxygen atoms in total. The molecule has 0 amide bonds. The molecule has 3 heteroatoms. The van der Waals surface area contributed by atoms with Crippen LogP contribution in [0.5, 0.6) is 0 Å². The monoisotopic (exact) mass is 246 g/mol. The molecule has 0 aromatic carbocycles. The second-order valence-electron chi connectivity index (χ2n) is 4.69. The summed E-state index contributed by atoms with van der Waals surface area (Å²) in [4.78, 5) is 0. The van der Waals surface area contributed by atoms with Crippen LogP contribution in [0.15, 0.2) is 0 Å². The Labute approximate surface area is 99.7 Å². The number of hydrogen-bond acceptors (Lipinski definition) is 3. The first-order valence-corrected chi connectivity index (χ1v) is 8.83. The van der Waals surface area contributed by atoms with Gasteiger partial charge in [0.25, 0.3) is 0 Å². The van der Waals surface area contributed by atoms with Crippen LogP contribution in [0.25, 0.3) is 0 Å². The van der Waals surface area contributed by atoms with E-state index in [9.17, 15) is 0 Å². The van der Waals surface area contributed by atoms with Crippen molar-refractivity contribution in [1.82, 2.24) is 0 Å². The molecule has 3 rings (SSSR count). The molecule has 4 atom stereocenters. The van der Waals surface area contributed by atoms with Gasteiger partial charge < -0.3 is 0 Å². The molecule has 0 radical (unpaired) electrons. The van der Waals surface area contributed by atoms with E-state index >= 15 is 0 Å². The minimum atomic E-state index is 1.03. The Morgan fingerprint density at radius 1 is 0.786 bits per heavy atom. The van der Waals surface area contributed by atoms with E-state index in [0.29, 0.717) is 0 Å². The van der Waals surface area contributed by atoms with Crippen LogP contribution >= 0.6 is 35.3 Å². The summed E-state index contributed by atoms with van der Waals surface area (Å²) in [6, 6.07) is 0. The van der Waals surface area contributed by atoms with Crippen molar-refractivity contribution in [2.75, 3.05) is 11.5 Å². The molecule has 4 unspecified atom stereocenters. The van der Waals surface area contributed by atoms with E-state index in [1.54, 1.807) is 0 Å². The van der Waals surface area contributed by atoms with Crippen molar-refractivity contribution in [1.29, 1.82) is 0 Å². The third-order valence-electron chi connectivity index (χ3n) is 3.29. The first-order chi connectivity index (χ1) is 6.90. The van der Waals surface area contributed by atoms with E-state index in [0.717, 1.165) is 21.0 Å². The molecule has 0 aromatic rings. The average Bonchev–Trinajstić information content (AvgIpc) is 3.00. The van der Waals surface area contributed by atoms with Gasteiger partial charge in [-0.25, -0.2) is 0 Å². The largest absolute Gasteiger partial charge is 0.157 e. The number of hydrogen-bond donors (Lipinski definition) is 0. The van der Waals surface area contributed by atoms with Crippen molar-refractivity contribution < 1.29 is 0 Å². The third kappa shape index (κ3) is 3.02. The van der Waals surface area contributed by atoms with Gasteiger partial charge in [-0.05, 0) is 25.7 Å². The van der Waals surface area contributed by atoms with Crippen molar-refractivity contribution in [2.45, 2.75) is 53.1 Å². The van der Waals surface area contributed by atoms with Gasteiger partial charge in [-0.15, -0.1) is 0 Å². The van der Waals surface area contributed by atoms with Crippen LogP contribution in [0.2, 0.25) is 0 Å². The topological polar surface area (TPSA) is 0 Å². The molecule has 0 saturated carbocycles. The van der Waals surface area contributed by atoms with Gasteiger partial charge in [-0.3, -0.25) is 0 Å². The molecule has 0 aliphatic carbocycles. The Hall–Kier alpha value is 1.05. The van der Waals surface area contributed by atoms with E-state index < -0.39 is 0 Å². The van der Waals surface area contributed by atoms with Crippen LogP contribution in [0.4, 0.5) is 0 Å². The first-order valence-electron chi connectivity index (χ1n) is 5.79. The summed E-state index contributed by atoms with van der Waals surface area (Å²) in [5, 5.41) is 4.16. The Kier molecular flexibility index (Phi) is 3.29. The highest BCUT2D eigenvalue weighted by Gasteiger charge is 2.33. The lowest BCUT2D eigenvalue weighted by Gasteiger charge is -2.28. The van der Waals surface area contributed by atoms with Crippen molar-refractivity contribution in [2.24, 2.45) is 0 Å². The standard InChI is InChI=1S/C11H18S3/c1-2-8(4-10-6-12-10)14-9(3-1)5-11-7-13-11/h8-11H,1-7H2. The highest BCUT2D eigenvalue weighted by Crippen LogP contribution is 2.45. The fourth-order valence-electron chi connectivity index (χ4n) is 2.32. The predicted molar refractivity (Wildman–Crippen MR) is 70.7 cm³/mol. The van der Waals surface area contributed by atoms with Crippen molar-refractivity contribution in [3.05, 3.63) is 0 Å². The minimum absolute atomic E-state index is 1.03. The Balaban J connectivity index is 1.44. The van der Waals surface area contributed by atoms with E-state index in [-0.39, 0.29) is 0 Å². The van der Waals surface area contributed by atoms with Crippen molar-refractivity contribution >= 4 is 35.3 Å². The summed E-state index contributed by atoms with van der Waals surface area (Å²) in [5.41, 5.74) is 0. The lowest BCUT2D eigenvalue weighted by atomic mass is 10.1. The highest BCUT2D eigenvalue weighted by molar-refractivity contribution is 8.07.